The highest BCUT2D eigenvalue weighted by Crippen LogP contribution is 2.25. The molecule has 5 nitrogen and oxygen atoms in total. The van der Waals surface area contributed by atoms with E-state index in [1.54, 1.807) is 0 Å². The minimum Gasteiger partial charge on any atom is -0.367 e. The zero-order valence-corrected chi connectivity index (χ0v) is 11.2. The standard InChI is InChI=1S/C14H20N4O/c1-10-2-3-13(11(6-10)7-15)17-4-5-18-12(9-17)8-16-14(18)19/h2-3,6,12H,4-5,7-9,15H2,1H3,(H,16,19). The van der Waals surface area contributed by atoms with Crippen molar-refractivity contribution in [3.63, 3.8) is 0 Å². The van der Waals surface area contributed by atoms with E-state index in [0.29, 0.717) is 6.54 Å². The van der Waals surface area contributed by atoms with E-state index in [1.165, 1.54) is 16.8 Å². The maximum absolute atomic E-state index is 11.6. The van der Waals surface area contributed by atoms with Gasteiger partial charge in [0.25, 0.3) is 0 Å². The molecule has 0 radical (unpaired) electrons. The molecule has 2 heterocycles. The zero-order valence-electron chi connectivity index (χ0n) is 11.2. The first-order valence-corrected chi connectivity index (χ1v) is 6.78. The average Bonchev–Trinajstić information content (AvgIpc) is 2.79. The van der Waals surface area contributed by atoms with Gasteiger partial charge in [-0.3, -0.25) is 0 Å². The van der Waals surface area contributed by atoms with Crippen molar-refractivity contribution in [2.75, 3.05) is 31.1 Å². The number of aryl methyl sites for hydroxylation is 1. The summed E-state index contributed by atoms with van der Waals surface area (Å²) in [5.41, 5.74) is 9.49. The van der Waals surface area contributed by atoms with E-state index in [2.05, 4.69) is 35.3 Å². The molecule has 19 heavy (non-hydrogen) atoms. The van der Waals surface area contributed by atoms with Gasteiger partial charge in [-0.2, -0.15) is 0 Å². The topological polar surface area (TPSA) is 61.6 Å². The molecule has 2 fully saturated rings. The predicted octanol–water partition coefficient (Wildman–Crippen LogP) is 0.668. The molecule has 1 aromatic rings. The minimum atomic E-state index is 0.0765. The molecule has 0 aromatic heterocycles. The largest absolute Gasteiger partial charge is 0.367 e. The van der Waals surface area contributed by atoms with Crippen LogP contribution in [0.25, 0.3) is 0 Å². The number of urea groups is 1. The van der Waals surface area contributed by atoms with Crippen LogP contribution in [-0.4, -0.2) is 43.2 Å². The summed E-state index contributed by atoms with van der Waals surface area (Å²) >= 11 is 0. The SMILES string of the molecule is Cc1ccc(N2CCN3C(=O)NCC3C2)c(CN)c1. The van der Waals surface area contributed by atoms with E-state index in [0.717, 1.165) is 26.2 Å². The maximum Gasteiger partial charge on any atom is 0.317 e. The van der Waals surface area contributed by atoms with E-state index in [9.17, 15) is 4.79 Å². The van der Waals surface area contributed by atoms with Crippen molar-refractivity contribution in [3.8, 4) is 0 Å². The molecule has 2 aliphatic rings. The third-order valence-corrected chi connectivity index (χ3v) is 4.03. The van der Waals surface area contributed by atoms with Crippen molar-refractivity contribution in [2.24, 2.45) is 5.73 Å². The van der Waals surface area contributed by atoms with Gasteiger partial charge in [0.15, 0.2) is 0 Å². The van der Waals surface area contributed by atoms with Gasteiger partial charge in [-0.15, -0.1) is 0 Å². The lowest BCUT2D eigenvalue weighted by Gasteiger charge is -2.38. The molecule has 3 rings (SSSR count). The summed E-state index contributed by atoms with van der Waals surface area (Å²) in [5, 5.41) is 2.91. The Kier molecular flexibility index (Phi) is 3.06. The minimum absolute atomic E-state index is 0.0765. The van der Waals surface area contributed by atoms with Crippen LogP contribution in [0.3, 0.4) is 0 Å². The molecule has 0 spiro atoms. The number of piperazine rings is 1. The lowest BCUT2D eigenvalue weighted by atomic mass is 10.1. The smallest absolute Gasteiger partial charge is 0.317 e. The molecule has 2 saturated heterocycles. The molecule has 1 unspecified atom stereocenters. The van der Waals surface area contributed by atoms with Gasteiger partial charge in [-0.05, 0) is 18.6 Å². The Hall–Kier alpha value is -1.75. The number of nitrogens with zero attached hydrogens (tertiary/aromatic N) is 2. The van der Waals surface area contributed by atoms with E-state index in [-0.39, 0.29) is 12.1 Å². The Balaban J connectivity index is 1.82. The summed E-state index contributed by atoms with van der Waals surface area (Å²) < 4.78 is 0. The van der Waals surface area contributed by atoms with Gasteiger partial charge < -0.3 is 20.9 Å². The van der Waals surface area contributed by atoms with Crippen molar-refractivity contribution < 1.29 is 4.79 Å². The normalized spacial score (nSPS) is 22.4. The van der Waals surface area contributed by atoms with Crippen molar-refractivity contribution >= 4 is 11.7 Å². The number of hydrogen-bond acceptors (Lipinski definition) is 3. The van der Waals surface area contributed by atoms with E-state index >= 15 is 0 Å². The van der Waals surface area contributed by atoms with Gasteiger partial charge in [0.2, 0.25) is 0 Å². The van der Waals surface area contributed by atoms with Gasteiger partial charge in [0.1, 0.15) is 0 Å². The molecule has 5 heteroatoms. The van der Waals surface area contributed by atoms with Crippen LogP contribution in [0.2, 0.25) is 0 Å². The number of benzene rings is 1. The molecule has 0 saturated carbocycles. The fourth-order valence-electron chi connectivity index (χ4n) is 3.01. The number of carbonyl (C=O) groups excluding carboxylic acids is 1. The van der Waals surface area contributed by atoms with Gasteiger partial charge in [0, 0.05) is 38.4 Å². The Bertz CT molecular complexity index is 502. The summed E-state index contributed by atoms with van der Waals surface area (Å²) in [5.74, 6) is 0. The maximum atomic E-state index is 11.6. The third kappa shape index (κ3) is 2.14. The second-order valence-corrected chi connectivity index (χ2v) is 5.32. The summed E-state index contributed by atoms with van der Waals surface area (Å²) in [7, 11) is 0. The number of nitrogens with two attached hydrogens (primary N) is 1. The van der Waals surface area contributed by atoms with Crippen LogP contribution in [-0.2, 0) is 6.54 Å². The number of carbonyl (C=O) groups is 1. The molecular formula is C14H20N4O. The molecule has 0 aliphatic carbocycles. The Morgan fingerprint density at radius 2 is 2.26 bits per heavy atom. The zero-order chi connectivity index (χ0) is 13.4. The molecule has 1 atom stereocenters. The Labute approximate surface area is 113 Å². The fourth-order valence-corrected chi connectivity index (χ4v) is 3.01. The highest BCUT2D eigenvalue weighted by molar-refractivity contribution is 5.77. The van der Waals surface area contributed by atoms with Crippen LogP contribution in [0.1, 0.15) is 11.1 Å². The Morgan fingerprint density at radius 3 is 3.05 bits per heavy atom. The first-order chi connectivity index (χ1) is 9.19. The fraction of sp³-hybridized carbons (Fsp3) is 0.500. The highest BCUT2D eigenvalue weighted by Gasteiger charge is 2.35. The van der Waals surface area contributed by atoms with E-state index in [4.69, 9.17) is 5.73 Å². The predicted molar refractivity (Wildman–Crippen MR) is 75.2 cm³/mol. The van der Waals surface area contributed by atoms with Gasteiger partial charge >= 0.3 is 6.03 Å². The van der Waals surface area contributed by atoms with Gasteiger partial charge in [0.05, 0.1) is 6.04 Å². The number of nitrogens with one attached hydrogen (secondary N) is 1. The first-order valence-electron chi connectivity index (χ1n) is 6.78. The van der Waals surface area contributed by atoms with Crippen LogP contribution >= 0.6 is 0 Å². The van der Waals surface area contributed by atoms with Crippen molar-refractivity contribution in [3.05, 3.63) is 29.3 Å². The van der Waals surface area contributed by atoms with Crippen molar-refractivity contribution in [2.45, 2.75) is 19.5 Å². The van der Waals surface area contributed by atoms with Crippen LogP contribution in [0.15, 0.2) is 18.2 Å². The summed E-state index contributed by atoms with van der Waals surface area (Å²) in [6.07, 6.45) is 0. The van der Waals surface area contributed by atoms with Crippen LogP contribution in [0.4, 0.5) is 10.5 Å². The molecule has 102 valence electrons. The lowest BCUT2D eigenvalue weighted by Crippen LogP contribution is -2.52. The monoisotopic (exact) mass is 260 g/mol. The number of hydrogen-bond donors (Lipinski definition) is 2. The highest BCUT2D eigenvalue weighted by atomic mass is 16.2. The van der Waals surface area contributed by atoms with Crippen LogP contribution in [0.5, 0.6) is 0 Å². The van der Waals surface area contributed by atoms with Crippen LogP contribution in [0, 0.1) is 6.92 Å². The second-order valence-electron chi connectivity index (χ2n) is 5.32. The molecular weight excluding hydrogens is 240 g/mol. The molecule has 0 bridgehead atoms. The molecule has 3 N–H and O–H groups in total. The van der Waals surface area contributed by atoms with Gasteiger partial charge in [-0.25, -0.2) is 4.79 Å². The Morgan fingerprint density at radius 1 is 1.42 bits per heavy atom. The molecule has 2 aliphatic heterocycles. The quantitative estimate of drug-likeness (QED) is 0.821. The summed E-state index contributed by atoms with van der Waals surface area (Å²) in [6.45, 7) is 5.93. The number of amides is 2. The number of anilines is 1. The first kappa shape index (κ1) is 12.3. The van der Waals surface area contributed by atoms with Gasteiger partial charge in [-0.1, -0.05) is 17.7 Å². The summed E-state index contributed by atoms with van der Waals surface area (Å²) in [4.78, 5) is 15.9. The molecule has 1 aromatic carbocycles. The van der Waals surface area contributed by atoms with Crippen LogP contribution < -0.4 is 16.0 Å². The summed E-state index contributed by atoms with van der Waals surface area (Å²) in [6, 6.07) is 6.79. The third-order valence-electron chi connectivity index (χ3n) is 4.03. The van der Waals surface area contributed by atoms with Crippen molar-refractivity contribution in [1.82, 2.24) is 10.2 Å². The average molecular weight is 260 g/mol. The number of fused-ring (bicyclic) bond motifs is 1. The molecule has 2 amide bonds. The second kappa shape index (κ2) is 4.74. The number of rotatable bonds is 2. The lowest BCUT2D eigenvalue weighted by molar-refractivity contribution is 0.197. The van der Waals surface area contributed by atoms with E-state index < -0.39 is 0 Å². The van der Waals surface area contributed by atoms with Crippen molar-refractivity contribution in [1.29, 1.82) is 0 Å². The van der Waals surface area contributed by atoms with E-state index in [1.807, 2.05) is 4.90 Å².